The molecule has 10 heteroatoms. The Bertz CT molecular complexity index is 1220. The molecule has 5 rings (SSSR count). The number of aromatic amines is 1. The first kappa shape index (κ1) is 23.0. The van der Waals surface area contributed by atoms with E-state index in [1.165, 1.54) is 0 Å². The summed E-state index contributed by atoms with van der Waals surface area (Å²) in [5.74, 6) is -0.999. The van der Waals surface area contributed by atoms with Crippen LogP contribution in [0.15, 0.2) is 18.2 Å². The molecular formula is C24H25Cl2N5O3. The molecule has 1 spiro atoms. The smallest absolute Gasteiger partial charge is 0.271 e. The number of rotatable bonds is 5. The van der Waals surface area contributed by atoms with Gasteiger partial charge in [0.25, 0.3) is 5.91 Å². The summed E-state index contributed by atoms with van der Waals surface area (Å²) in [6.45, 7) is 1.08. The number of H-pyrrole nitrogens is 1. The Labute approximate surface area is 206 Å². The van der Waals surface area contributed by atoms with Crippen LogP contribution in [-0.2, 0) is 9.59 Å². The molecule has 1 aromatic carbocycles. The molecule has 3 amide bonds. The number of carbonyl (C=O) groups excluding carboxylic acids is 3. The summed E-state index contributed by atoms with van der Waals surface area (Å²) in [7, 11) is 0. The van der Waals surface area contributed by atoms with Crippen molar-refractivity contribution in [3.05, 3.63) is 33.9 Å². The van der Waals surface area contributed by atoms with Gasteiger partial charge in [0.2, 0.25) is 11.8 Å². The van der Waals surface area contributed by atoms with Gasteiger partial charge in [-0.1, -0.05) is 35.7 Å². The molecule has 1 aromatic heterocycles. The van der Waals surface area contributed by atoms with Crippen LogP contribution in [0.1, 0.15) is 49.0 Å². The van der Waals surface area contributed by atoms with Gasteiger partial charge in [-0.05, 0) is 49.7 Å². The zero-order valence-corrected chi connectivity index (χ0v) is 20.0. The minimum absolute atomic E-state index is 0.0574. The minimum atomic E-state index is -0.787. The molecule has 2 aliphatic heterocycles. The van der Waals surface area contributed by atoms with Crippen LogP contribution in [0, 0.1) is 22.7 Å². The number of nitriles is 1. The number of hydrogen-bond donors (Lipinski definition) is 3. The monoisotopic (exact) mass is 501 g/mol. The topological polar surface area (TPSA) is 118 Å². The Morgan fingerprint density at radius 3 is 2.76 bits per heavy atom. The maximum Gasteiger partial charge on any atom is 0.271 e. The van der Waals surface area contributed by atoms with Gasteiger partial charge < -0.3 is 20.5 Å². The summed E-state index contributed by atoms with van der Waals surface area (Å²) in [5.41, 5.74) is 0.862. The van der Waals surface area contributed by atoms with Crippen LogP contribution < -0.4 is 10.6 Å². The van der Waals surface area contributed by atoms with Crippen molar-refractivity contribution in [2.75, 3.05) is 13.1 Å². The number of hydrogen-bond acceptors (Lipinski definition) is 4. The summed E-state index contributed by atoms with van der Waals surface area (Å²) < 4.78 is 0. The van der Waals surface area contributed by atoms with E-state index in [0.717, 1.165) is 24.6 Å². The zero-order chi connectivity index (χ0) is 24.0. The molecule has 0 radical (unpaired) electrons. The van der Waals surface area contributed by atoms with E-state index in [1.54, 1.807) is 23.1 Å². The van der Waals surface area contributed by atoms with E-state index in [2.05, 4.69) is 21.7 Å². The summed E-state index contributed by atoms with van der Waals surface area (Å²) in [6.07, 6.45) is 4.50. The second-order valence-corrected chi connectivity index (χ2v) is 10.5. The van der Waals surface area contributed by atoms with Gasteiger partial charge in [0.15, 0.2) is 0 Å². The largest absolute Gasteiger partial charge is 0.356 e. The van der Waals surface area contributed by atoms with Crippen LogP contribution in [0.4, 0.5) is 0 Å². The highest BCUT2D eigenvalue weighted by molar-refractivity contribution is 6.45. The van der Waals surface area contributed by atoms with Gasteiger partial charge in [0.05, 0.1) is 21.6 Å². The molecule has 0 bridgehead atoms. The predicted octanol–water partition coefficient (Wildman–Crippen LogP) is 3.39. The molecule has 3 N–H and O–H groups in total. The summed E-state index contributed by atoms with van der Waals surface area (Å²) in [4.78, 5) is 43.5. The lowest BCUT2D eigenvalue weighted by Gasteiger charge is -2.37. The van der Waals surface area contributed by atoms with E-state index < -0.39 is 12.1 Å². The molecule has 178 valence electrons. The Morgan fingerprint density at radius 2 is 2.12 bits per heavy atom. The maximum atomic E-state index is 13.6. The number of halogens is 2. The van der Waals surface area contributed by atoms with Crippen molar-refractivity contribution in [3.8, 4) is 6.07 Å². The van der Waals surface area contributed by atoms with E-state index in [1.807, 2.05) is 0 Å². The molecule has 3 unspecified atom stereocenters. The fraction of sp³-hybridized carbons (Fsp3) is 0.500. The number of nitrogens with zero attached hydrogens (tertiary/aromatic N) is 2. The number of likely N-dealkylation sites (tertiary alicyclic amines) is 1. The highest BCUT2D eigenvalue weighted by Crippen LogP contribution is 2.50. The van der Waals surface area contributed by atoms with Crippen molar-refractivity contribution in [1.29, 1.82) is 5.26 Å². The SMILES string of the molecule is N#CC(CC1CCNC1=O)NC(=O)C1CC2(CCC2)CN1C(=O)c1cc2ccc(Cl)c(Cl)c2[nH]1. The lowest BCUT2D eigenvalue weighted by atomic mass is 9.67. The second kappa shape index (κ2) is 8.79. The van der Waals surface area contributed by atoms with Gasteiger partial charge in [0.1, 0.15) is 17.8 Å². The van der Waals surface area contributed by atoms with Gasteiger partial charge in [-0.3, -0.25) is 14.4 Å². The predicted molar refractivity (Wildman–Crippen MR) is 127 cm³/mol. The van der Waals surface area contributed by atoms with Crippen molar-refractivity contribution in [2.24, 2.45) is 11.3 Å². The Balaban J connectivity index is 1.36. The minimum Gasteiger partial charge on any atom is -0.356 e. The fourth-order valence-corrected chi connectivity index (χ4v) is 5.90. The standard InChI is InChI=1S/C24H25Cl2N5O3/c25-16-3-2-13-9-17(30-20(13)19(16)26)23(34)31-12-24(5-1-6-24)10-18(31)22(33)29-15(11-27)8-14-4-7-28-21(14)32/h2-3,9,14-15,18,30H,1,4-8,10,12H2,(H,28,32)(H,29,33). The van der Waals surface area contributed by atoms with Crippen LogP contribution in [0.2, 0.25) is 10.0 Å². The maximum absolute atomic E-state index is 13.6. The van der Waals surface area contributed by atoms with Crippen molar-refractivity contribution in [1.82, 2.24) is 20.5 Å². The average Bonchev–Trinajstić information content (AvgIpc) is 3.52. The molecule has 1 aliphatic carbocycles. The Morgan fingerprint density at radius 1 is 1.32 bits per heavy atom. The molecular weight excluding hydrogens is 477 g/mol. The molecule has 1 saturated carbocycles. The van der Waals surface area contributed by atoms with E-state index in [-0.39, 0.29) is 35.5 Å². The quantitative estimate of drug-likeness (QED) is 0.581. The summed E-state index contributed by atoms with van der Waals surface area (Å²) in [5, 5.41) is 16.7. The Kier molecular flexibility index (Phi) is 5.95. The van der Waals surface area contributed by atoms with E-state index in [4.69, 9.17) is 23.2 Å². The molecule has 2 aromatic rings. The van der Waals surface area contributed by atoms with E-state index in [0.29, 0.717) is 47.2 Å². The third kappa shape index (κ3) is 4.01. The van der Waals surface area contributed by atoms with Crippen molar-refractivity contribution in [3.63, 3.8) is 0 Å². The van der Waals surface area contributed by atoms with E-state index >= 15 is 0 Å². The normalized spacial score (nSPS) is 24.0. The van der Waals surface area contributed by atoms with Gasteiger partial charge in [-0.15, -0.1) is 0 Å². The lowest BCUT2D eigenvalue weighted by molar-refractivity contribution is -0.126. The fourth-order valence-electron chi connectivity index (χ4n) is 5.52. The van der Waals surface area contributed by atoms with Crippen molar-refractivity contribution < 1.29 is 14.4 Å². The first-order valence-corrected chi connectivity index (χ1v) is 12.3. The second-order valence-electron chi connectivity index (χ2n) is 9.72. The van der Waals surface area contributed by atoms with Crippen LogP contribution in [0.25, 0.3) is 10.9 Å². The number of benzene rings is 1. The van der Waals surface area contributed by atoms with Gasteiger partial charge in [-0.2, -0.15) is 5.26 Å². The third-order valence-corrected chi connectivity index (χ3v) is 8.36. The van der Waals surface area contributed by atoms with Crippen LogP contribution in [-0.4, -0.2) is 52.8 Å². The molecule has 3 fully saturated rings. The molecule has 3 aliphatic rings. The van der Waals surface area contributed by atoms with Gasteiger partial charge in [0, 0.05) is 24.4 Å². The van der Waals surface area contributed by atoms with Crippen LogP contribution in [0.3, 0.4) is 0 Å². The van der Waals surface area contributed by atoms with Crippen molar-refractivity contribution >= 4 is 51.8 Å². The number of carbonyl (C=O) groups is 3. The molecule has 3 heterocycles. The van der Waals surface area contributed by atoms with Crippen LogP contribution in [0.5, 0.6) is 0 Å². The molecule has 8 nitrogen and oxygen atoms in total. The molecule has 3 atom stereocenters. The first-order chi connectivity index (χ1) is 16.3. The van der Waals surface area contributed by atoms with Crippen LogP contribution >= 0.6 is 23.2 Å². The van der Waals surface area contributed by atoms with Crippen molar-refractivity contribution in [2.45, 2.75) is 50.6 Å². The number of nitrogens with one attached hydrogen (secondary N) is 3. The van der Waals surface area contributed by atoms with Gasteiger partial charge in [-0.25, -0.2) is 0 Å². The number of amides is 3. The number of fused-ring (bicyclic) bond motifs is 1. The van der Waals surface area contributed by atoms with E-state index in [9.17, 15) is 19.6 Å². The lowest BCUT2D eigenvalue weighted by Crippen LogP contribution is -2.49. The molecule has 34 heavy (non-hydrogen) atoms. The first-order valence-electron chi connectivity index (χ1n) is 11.6. The highest BCUT2D eigenvalue weighted by Gasteiger charge is 2.52. The Hall–Kier alpha value is -2.76. The summed E-state index contributed by atoms with van der Waals surface area (Å²) >= 11 is 12.4. The third-order valence-electron chi connectivity index (χ3n) is 7.56. The number of aromatic nitrogens is 1. The van der Waals surface area contributed by atoms with Gasteiger partial charge >= 0.3 is 0 Å². The summed E-state index contributed by atoms with van der Waals surface area (Å²) in [6, 6.07) is 5.83. The highest BCUT2D eigenvalue weighted by atomic mass is 35.5. The average molecular weight is 502 g/mol. The molecule has 2 saturated heterocycles. The zero-order valence-electron chi connectivity index (χ0n) is 18.5.